The fourth-order valence-corrected chi connectivity index (χ4v) is 3.55. The number of carbonyl (C=O) groups is 1. The van der Waals surface area contributed by atoms with Gasteiger partial charge in [-0.3, -0.25) is 14.7 Å². The van der Waals surface area contributed by atoms with Crippen LogP contribution in [0.3, 0.4) is 0 Å². The molecule has 3 N–H and O–H groups in total. The largest absolute Gasteiger partial charge is 0.497 e. The molecule has 0 amide bonds. The van der Waals surface area contributed by atoms with Gasteiger partial charge in [0.25, 0.3) is 5.56 Å². The Balaban J connectivity index is 2.20. The fourth-order valence-electron chi connectivity index (χ4n) is 3.55. The van der Waals surface area contributed by atoms with Crippen LogP contribution in [0.4, 0.5) is 0 Å². The molecule has 1 aromatic heterocycles. The van der Waals surface area contributed by atoms with Crippen molar-refractivity contribution >= 4 is 5.97 Å². The highest BCUT2D eigenvalue weighted by Crippen LogP contribution is 2.44. The molecule has 0 bridgehead atoms. The number of aromatic nitrogens is 2. The molecular weight excluding hydrogens is 312 g/mol. The third-order valence-electron chi connectivity index (χ3n) is 4.68. The molecule has 1 aliphatic carbocycles. The normalized spacial score (nSPS) is 25.8. The zero-order valence-corrected chi connectivity index (χ0v) is 13.8. The quantitative estimate of drug-likeness (QED) is 0.726. The molecule has 1 aromatic carbocycles. The van der Waals surface area contributed by atoms with Crippen molar-refractivity contribution in [2.24, 2.45) is 5.92 Å². The van der Waals surface area contributed by atoms with Crippen molar-refractivity contribution in [2.75, 3.05) is 14.2 Å². The summed E-state index contributed by atoms with van der Waals surface area (Å²) in [7, 11) is 2.84. The average Bonchev–Trinajstić information content (AvgIpc) is 2.92. The van der Waals surface area contributed by atoms with Gasteiger partial charge in [-0.05, 0) is 24.6 Å². The number of carbonyl (C=O) groups excluding carboxylic acids is 1. The number of benzene rings is 1. The second-order valence-corrected chi connectivity index (χ2v) is 6.26. The topological polar surface area (TPSA) is 104 Å². The maximum atomic E-state index is 12.4. The summed E-state index contributed by atoms with van der Waals surface area (Å²) < 4.78 is 10.1. The van der Waals surface area contributed by atoms with Crippen LogP contribution in [0.5, 0.6) is 5.75 Å². The molecule has 24 heavy (non-hydrogen) atoms. The predicted molar refractivity (Wildman–Crippen MR) is 86.1 cm³/mol. The first-order valence-electron chi connectivity index (χ1n) is 7.62. The van der Waals surface area contributed by atoms with Crippen molar-refractivity contribution in [3.05, 3.63) is 51.4 Å². The van der Waals surface area contributed by atoms with Crippen LogP contribution in [0.25, 0.3) is 0 Å². The van der Waals surface area contributed by atoms with Gasteiger partial charge in [-0.2, -0.15) is 0 Å². The minimum atomic E-state index is -1.35. The summed E-state index contributed by atoms with van der Waals surface area (Å²) in [6.45, 7) is 1.58. The van der Waals surface area contributed by atoms with E-state index in [-0.39, 0.29) is 12.0 Å². The number of hydrogen-bond acceptors (Lipinski definition) is 5. The fraction of sp³-hybridized carbons (Fsp3) is 0.412. The van der Waals surface area contributed by atoms with E-state index in [9.17, 15) is 14.7 Å². The molecule has 3 atom stereocenters. The summed E-state index contributed by atoms with van der Waals surface area (Å²) in [5.74, 6) is -1.39. The SMILES string of the molecule is COC(=O)[C@H]1[C@H](c2ccc(OC)cc2)c2c([nH][nH]c2=O)C[C@@]1(C)O. The molecule has 7 heteroatoms. The lowest BCUT2D eigenvalue weighted by Gasteiger charge is -2.40. The smallest absolute Gasteiger partial charge is 0.312 e. The molecule has 0 spiro atoms. The number of H-pyrrole nitrogens is 2. The molecule has 2 aromatic rings. The summed E-state index contributed by atoms with van der Waals surface area (Å²) in [5, 5.41) is 16.2. The van der Waals surface area contributed by atoms with E-state index in [0.29, 0.717) is 17.0 Å². The molecular formula is C17H20N2O5. The number of aromatic amines is 2. The van der Waals surface area contributed by atoms with Crippen LogP contribution in [-0.2, 0) is 16.0 Å². The van der Waals surface area contributed by atoms with Crippen LogP contribution in [0, 0.1) is 5.92 Å². The van der Waals surface area contributed by atoms with Gasteiger partial charge in [0.15, 0.2) is 0 Å². The van der Waals surface area contributed by atoms with Crippen LogP contribution >= 0.6 is 0 Å². The van der Waals surface area contributed by atoms with E-state index < -0.39 is 23.4 Å². The molecule has 0 saturated heterocycles. The van der Waals surface area contributed by atoms with E-state index in [1.165, 1.54) is 7.11 Å². The lowest BCUT2D eigenvalue weighted by atomic mass is 9.66. The molecule has 128 valence electrons. The molecule has 0 fully saturated rings. The van der Waals surface area contributed by atoms with Gasteiger partial charge in [-0.15, -0.1) is 0 Å². The number of ether oxygens (including phenoxy) is 2. The number of rotatable bonds is 3. The second-order valence-electron chi connectivity index (χ2n) is 6.26. The number of methoxy groups -OCH3 is 2. The highest BCUT2D eigenvalue weighted by Gasteiger charge is 2.51. The van der Waals surface area contributed by atoms with Crippen molar-refractivity contribution in [1.82, 2.24) is 10.2 Å². The van der Waals surface area contributed by atoms with Crippen LogP contribution in [0.1, 0.15) is 29.7 Å². The summed E-state index contributed by atoms with van der Waals surface area (Å²) >= 11 is 0. The van der Waals surface area contributed by atoms with Crippen molar-refractivity contribution in [3.63, 3.8) is 0 Å². The van der Waals surface area contributed by atoms with Crippen LogP contribution < -0.4 is 10.3 Å². The summed E-state index contributed by atoms with van der Waals surface area (Å²) in [4.78, 5) is 24.7. The Morgan fingerprint density at radius 2 is 1.92 bits per heavy atom. The van der Waals surface area contributed by atoms with Gasteiger partial charge in [0.2, 0.25) is 0 Å². The lowest BCUT2D eigenvalue weighted by Crippen LogP contribution is -2.49. The zero-order valence-electron chi connectivity index (χ0n) is 13.8. The van der Waals surface area contributed by atoms with Gasteiger partial charge >= 0.3 is 5.97 Å². The number of nitrogens with one attached hydrogen (secondary N) is 2. The van der Waals surface area contributed by atoms with Gasteiger partial charge in [0, 0.05) is 23.6 Å². The Morgan fingerprint density at radius 3 is 2.50 bits per heavy atom. The Bertz CT molecular complexity index is 803. The first kappa shape index (κ1) is 16.3. The highest BCUT2D eigenvalue weighted by molar-refractivity contribution is 5.77. The Labute approximate surface area is 138 Å². The minimum Gasteiger partial charge on any atom is -0.497 e. The molecule has 3 rings (SSSR count). The lowest BCUT2D eigenvalue weighted by molar-refractivity contribution is -0.156. The Morgan fingerprint density at radius 1 is 1.25 bits per heavy atom. The van der Waals surface area contributed by atoms with Crippen LogP contribution in [0.2, 0.25) is 0 Å². The zero-order chi connectivity index (χ0) is 17.5. The van der Waals surface area contributed by atoms with Gasteiger partial charge in [-0.25, -0.2) is 0 Å². The molecule has 1 aliphatic rings. The van der Waals surface area contributed by atoms with E-state index >= 15 is 0 Å². The molecule has 0 saturated carbocycles. The number of fused-ring (bicyclic) bond motifs is 1. The van der Waals surface area contributed by atoms with Crippen molar-refractivity contribution in [1.29, 1.82) is 0 Å². The monoisotopic (exact) mass is 332 g/mol. The second kappa shape index (κ2) is 5.83. The third-order valence-corrected chi connectivity index (χ3v) is 4.68. The van der Waals surface area contributed by atoms with Crippen molar-refractivity contribution < 1.29 is 19.4 Å². The first-order valence-corrected chi connectivity index (χ1v) is 7.62. The average molecular weight is 332 g/mol. The third kappa shape index (κ3) is 2.50. The van der Waals surface area contributed by atoms with Gasteiger partial charge in [0.05, 0.1) is 25.7 Å². The van der Waals surface area contributed by atoms with Gasteiger partial charge in [0.1, 0.15) is 5.75 Å². The molecule has 0 aliphatic heterocycles. The van der Waals surface area contributed by atoms with E-state index in [1.807, 2.05) is 0 Å². The van der Waals surface area contributed by atoms with E-state index in [1.54, 1.807) is 38.3 Å². The number of hydrogen-bond donors (Lipinski definition) is 3. The van der Waals surface area contributed by atoms with Crippen LogP contribution in [0.15, 0.2) is 29.1 Å². The number of aliphatic hydroxyl groups is 1. The molecule has 0 unspecified atom stereocenters. The van der Waals surface area contributed by atoms with Crippen molar-refractivity contribution in [2.45, 2.75) is 24.9 Å². The van der Waals surface area contributed by atoms with Gasteiger partial charge < -0.3 is 19.7 Å². The predicted octanol–water partition coefficient (Wildman–Crippen LogP) is 0.940. The van der Waals surface area contributed by atoms with Crippen molar-refractivity contribution in [3.8, 4) is 5.75 Å². The Kier molecular flexibility index (Phi) is 3.96. The molecule has 0 radical (unpaired) electrons. The van der Waals surface area contributed by atoms with E-state index in [4.69, 9.17) is 9.47 Å². The standard InChI is InChI=1S/C17H20N2O5/c1-17(22)8-11-13(15(20)19-18-11)12(14(17)16(21)24-3)9-4-6-10(23-2)7-5-9/h4-7,12,14,22H,8H2,1-3H3,(H2,18,19,20)/t12-,14-,17-/m1/s1. The maximum Gasteiger partial charge on any atom is 0.312 e. The highest BCUT2D eigenvalue weighted by atomic mass is 16.5. The maximum absolute atomic E-state index is 12.4. The van der Waals surface area contributed by atoms with Gasteiger partial charge in [-0.1, -0.05) is 12.1 Å². The summed E-state index contributed by atoms with van der Waals surface area (Å²) in [6.07, 6.45) is 0.160. The Hall–Kier alpha value is -2.54. The summed E-state index contributed by atoms with van der Waals surface area (Å²) in [6, 6.07) is 7.09. The molecule has 7 nitrogen and oxygen atoms in total. The van der Waals surface area contributed by atoms with E-state index in [0.717, 1.165) is 5.56 Å². The first-order chi connectivity index (χ1) is 11.4. The van der Waals surface area contributed by atoms with Crippen LogP contribution in [-0.4, -0.2) is 41.1 Å². The molecule has 1 heterocycles. The minimum absolute atomic E-state index is 0.160. The number of esters is 1. The summed E-state index contributed by atoms with van der Waals surface area (Å²) in [5.41, 5.74) is 0.149. The van der Waals surface area contributed by atoms with E-state index in [2.05, 4.69) is 10.2 Å².